The molecule has 3 aliphatic rings. The van der Waals surface area contributed by atoms with Crippen LogP contribution in [0.1, 0.15) is 58.3 Å². The van der Waals surface area contributed by atoms with Gasteiger partial charge in [0.25, 0.3) is 0 Å². The van der Waals surface area contributed by atoms with Crippen molar-refractivity contribution in [2.45, 2.75) is 58.3 Å². The highest BCUT2D eigenvalue weighted by Gasteiger charge is 2.47. The first kappa shape index (κ1) is 16.1. The van der Waals surface area contributed by atoms with E-state index in [-0.39, 0.29) is 17.8 Å². The molecule has 116 valence electrons. The van der Waals surface area contributed by atoms with Crippen molar-refractivity contribution >= 4 is 18.3 Å². The lowest BCUT2D eigenvalue weighted by molar-refractivity contribution is -0.141. The second-order valence-electron chi connectivity index (χ2n) is 7.07. The van der Waals surface area contributed by atoms with Crippen LogP contribution in [0.5, 0.6) is 0 Å². The lowest BCUT2D eigenvalue weighted by Crippen LogP contribution is -2.44. The first-order valence-corrected chi connectivity index (χ1v) is 8.20. The van der Waals surface area contributed by atoms with Gasteiger partial charge in [-0.25, -0.2) is 0 Å². The quantitative estimate of drug-likeness (QED) is 0.850. The van der Waals surface area contributed by atoms with Crippen molar-refractivity contribution in [2.75, 3.05) is 26.2 Å². The van der Waals surface area contributed by atoms with Gasteiger partial charge in [0.1, 0.15) is 0 Å². The molecule has 3 fully saturated rings. The predicted molar refractivity (Wildman–Crippen MR) is 84.2 cm³/mol. The zero-order valence-electron chi connectivity index (χ0n) is 12.7. The normalized spacial score (nSPS) is 27.6. The molecule has 0 aromatic heterocycles. The average Bonchev–Trinajstić information content (AvgIpc) is 3.07. The molecule has 2 aliphatic heterocycles. The number of carbonyl (C=O) groups excluding carboxylic acids is 1. The summed E-state index contributed by atoms with van der Waals surface area (Å²) in [5.41, 5.74) is 0.465. The largest absolute Gasteiger partial charge is 0.342 e. The first-order valence-electron chi connectivity index (χ1n) is 8.20. The van der Waals surface area contributed by atoms with Crippen LogP contribution in [-0.4, -0.2) is 37.0 Å². The predicted octanol–water partition coefficient (Wildman–Crippen LogP) is 2.98. The smallest absolute Gasteiger partial charge is 0.228 e. The molecular formula is C16H29ClN2O. The minimum atomic E-state index is 0. The minimum Gasteiger partial charge on any atom is -0.342 e. The van der Waals surface area contributed by atoms with Crippen molar-refractivity contribution in [2.24, 2.45) is 10.8 Å². The maximum atomic E-state index is 12.9. The standard InChI is InChI=1S/C16H28N2O.ClH/c1-2-16(5-3-4-6-16)14(19)18-12-9-15(13-18)7-10-17-11-8-15;/h17H,2-13H2,1H3;1H. The van der Waals surface area contributed by atoms with Crippen molar-refractivity contribution in [1.29, 1.82) is 0 Å². The summed E-state index contributed by atoms with van der Waals surface area (Å²) in [6, 6.07) is 0. The summed E-state index contributed by atoms with van der Waals surface area (Å²) in [5.74, 6) is 0.489. The number of piperidine rings is 1. The molecule has 3 nitrogen and oxygen atoms in total. The van der Waals surface area contributed by atoms with Gasteiger partial charge in [-0.15, -0.1) is 12.4 Å². The Bertz CT molecular complexity index is 346. The van der Waals surface area contributed by atoms with Gasteiger partial charge in [-0.3, -0.25) is 4.79 Å². The Labute approximate surface area is 129 Å². The van der Waals surface area contributed by atoms with Crippen molar-refractivity contribution in [1.82, 2.24) is 10.2 Å². The fourth-order valence-electron chi connectivity index (χ4n) is 4.58. The van der Waals surface area contributed by atoms with Crippen LogP contribution in [0.2, 0.25) is 0 Å². The molecule has 1 saturated carbocycles. The van der Waals surface area contributed by atoms with Crippen LogP contribution < -0.4 is 5.32 Å². The van der Waals surface area contributed by atoms with E-state index in [0.717, 1.165) is 45.4 Å². The molecule has 0 unspecified atom stereocenters. The molecular weight excluding hydrogens is 272 g/mol. The summed E-state index contributed by atoms with van der Waals surface area (Å²) in [7, 11) is 0. The van der Waals surface area contributed by atoms with Crippen LogP contribution in [0, 0.1) is 10.8 Å². The van der Waals surface area contributed by atoms with E-state index in [2.05, 4.69) is 17.1 Å². The number of hydrogen-bond acceptors (Lipinski definition) is 2. The molecule has 2 saturated heterocycles. The van der Waals surface area contributed by atoms with Crippen molar-refractivity contribution in [3.05, 3.63) is 0 Å². The number of likely N-dealkylation sites (tertiary alicyclic amines) is 1. The van der Waals surface area contributed by atoms with E-state index in [4.69, 9.17) is 0 Å². The van der Waals surface area contributed by atoms with E-state index in [1.807, 2.05) is 0 Å². The van der Waals surface area contributed by atoms with Crippen LogP contribution in [-0.2, 0) is 4.79 Å². The molecule has 0 aromatic carbocycles. The second-order valence-corrected chi connectivity index (χ2v) is 7.07. The number of rotatable bonds is 2. The van der Waals surface area contributed by atoms with Gasteiger partial charge in [-0.05, 0) is 57.0 Å². The molecule has 4 heteroatoms. The SMILES string of the molecule is CCC1(C(=O)N2CCC3(CCNCC3)C2)CCCC1.Cl. The van der Waals surface area contributed by atoms with Crippen LogP contribution >= 0.6 is 12.4 Å². The van der Waals surface area contributed by atoms with E-state index in [1.54, 1.807) is 0 Å². The minimum absolute atomic E-state index is 0. The molecule has 0 bridgehead atoms. The van der Waals surface area contributed by atoms with Crippen LogP contribution in [0.4, 0.5) is 0 Å². The third-order valence-corrected chi connectivity index (χ3v) is 6.08. The zero-order chi connectivity index (χ0) is 13.3. The highest BCUT2D eigenvalue weighted by Crippen LogP contribution is 2.45. The molecule has 0 aromatic rings. The molecule has 1 aliphatic carbocycles. The number of nitrogens with zero attached hydrogens (tertiary/aromatic N) is 1. The summed E-state index contributed by atoms with van der Waals surface area (Å²) in [4.78, 5) is 15.2. The summed E-state index contributed by atoms with van der Waals surface area (Å²) in [5, 5.41) is 3.45. The summed E-state index contributed by atoms with van der Waals surface area (Å²) >= 11 is 0. The summed E-state index contributed by atoms with van der Waals surface area (Å²) in [6.45, 7) is 6.54. The number of nitrogens with one attached hydrogen (secondary N) is 1. The van der Waals surface area contributed by atoms with Gasteiger partial charge in [0.15, 0.2) is 0 Å². The third kappa shape index (κ3) is 2.71. The van der Waals surface area contributed by atoms with Gasteiger partial charge >= 0.3 is 0 Å². The number of hydrogen-bond donors (Lipinski definition) is 1. The molecule has 1 amide bonds. The van der Waals surface area contributed by atoms with Crippen LogP contribution in [0.25, 0.3) is 0 Å². The van der Waals surface area contributed by atoms with E-state index in [0.29, 0.717) is 11.3 Å². The lowest BCUT2D eigenvalue weighted by Gasteiger charge is -2.36. The monoisotopic (exact) mass is 300 g/mol. The molecule has 3 rings (SSSR count). The van der Waals surface area contributed by atoms with Crippen LogP contribution in [0.3, 0.4) is 0 Å². The maximum absolute atomic E-state index is 12.9. The highest BCUT2D eigenvalue weighted by atomic mass is 35.5. The second kappa shape index (κ2) is 6.23. The fraction of sp³-hybridized carbons (Fsp3) is 0.938. The van der Waals surface area contributed by atoms with E-state index < -0.39 is 0 Å². The molecule has 0 atom stereocenters. The number of halogens is 1. The summed E-state index contributed by atoms with van der Waals surface area (Å²) < 4.78 is 0. The molecule has 20 heavy (non-hydrogen) atoms. The third-order valence-electron chi connectivity index (χ3n) is 6.08. The Kier molecular flexibility index (Phi) is 5.01. The van der Waals surface area contributed by atoms with E-state index in [9.17, 15) is 4.79 Å². The summed E-state index contributed by atoms with van der Waals surface area (Å²) in [6.07, 6.45) is 9.56. The van der Waals surface area contributed by atoms with Gasteiger partial charge < -0.3 is 10.2 Å². The van der Waals surface area contributed by atoms with E-state index >= 15 is 0 Å². The number of amides is 1. The lowest BCUT2D eigenvalue weighted by atomic mass is 9.78. The zero-order valence-corrected chi connectivity index (χ0v) is 13.6. The molecule has 1 spiro atoms. The molecule has 1 N–H and O–H groups in total. The van der Waals surface area contributed by atoms with Crippen LogP contribution in [0.15, 0.2) is 0 Å². The maximum Gasteiger partial charge on any atom is 0.228 e. The average molecular weight is 301 g/mol. The Hall–Kier alpha value is -0.280. The molecule has 2 heterocycles. The number of carbonyl (C=O) groups is 1. The molecule has 0 radical (unpaired) electrons. The van der Waals surface area contributed by atoms with Crippen molar-refractivity contribution in [3.8, 4) is 0 Å². The van der Waals surface area contributed by atoms with Gasteiger partial charge in [0, 0.05) is 18.5 Å². The Morgan fingerprint density at radius 3 is 2.35 bits per heavy atom. The van der Waals surface area contributed by atoms with Gasteiger partial charge in [-0.1, -0.05) is 19.8 Å². The van der Waals surface area contributed by atoms with E-state index in [1.165, 1.54) is 32.1 Å². The highest BCUT2D eigenvalue weighted by molar-refractivity contribution is 5.85. The topological polar surface area (TPSA) is 32.3 Å². The first-order chi connectivity index (χ1) is 9.20. The van der Waals surface area contributed by atoms with Gasteiger partial charge in [0.05, 0.1) is 0 Å². The van der Waals surface area contributed by atoms with Gasteiger partial charge in [0.2, 0.25) is 5.91 Å². The Morgan fingerprint density at radius 1 is 1.10 bits per heavy atom. The Balaban J connectivity index is 0.00000147. The van der Waals surface area contributed by atoms with Crippen molar-refractivity contribution < 1.29 is 4.79 Å². The fourth-order valence-corrected chi connectivity index (χ4v) is 4.58. The van der Waals surface area contributed by atoms with Gasteiger partial charge in [-0.2, -0.15) is 0 Å². The van der Waals surface area contributed by atoms with Crippen molar-refractivity contribution in [3.63, 3.8) is 0 Å². The Morgan fingerprint density at radius 2 is 1.75 bits per heavy atom.